The van der Waals surface area contributed by atoms with E-state index in [-0.39, 0.29) is 18.1 Å². The number of hydrazone groups is 1. The van der Waals surface area contributed by atoms with Crippen LogP contribution in [0.3, 0.4) is 0 Å². The van der Waals surface area contributed by atoms with Gasteiger partial charge in [-0.15, -0.1) is 0 Å². The minimum Gasteiger partial charge on any atom is -0.378 e. The van der Waals surface area contributed by atoms with Gasteiger partial charge in [0.15, 0.2) is 0 Å². The zero-order chi connectivity index (χ0) is 20.6. The molecule has 2 aromatic carbocycles. The summed E-state index contributed by atoms with van der Waals surface area (Å²) in [5.41, 5.74) is 4.28. The molecule has 0 atom stereocenters. The van der Waals surface area contributed by atoms with E-state index in [0.29, 0.717) is 37.6 Å². The van der Waals surface area contributed by atoms with Gasteiger partial charge in [-0.25, -0.2) is 5.43 Å². The Kier molecular flexibility index (Phi) is 7.14. The third kappa shape index (κ3) is 6.00. The summed E-state index contributed by atoms with van der Waals surface area (Å²) in [4.78, 5) is 24.9. The van der Waals surface area contributed by atoms with E-state index in [4.69, 9.17) is 4.74 Å². The number of amides is 1. The summed E-state index contributed by atoms with van der Waals surface area (Å²) >= 11 is 3.35. The number of nitrogens with one attached hydrogen (secondary N) is 2. The van der Waals surface area contributed by atoms with Crippen LogP contribution in [0.25, 0.3) is 0 Å². The lowest BCUT2D eigenvalue weighted by Gasteiger charge is -2.28. The molecule has 0 unspecified atom stereocenters. The van der Waals surface area contributed by atoms with Gasteiger partial charge in [-0.05, 0) is 30.3 Å². The average Bonchev–Trinajstić information content (AvgIpc) is 2.74. The third-order valence-electron chi connectivity index (χ3n) is 4.25. The van der Waals surface area contributed by atoms with Gasteiger partial charge in [0.2, 0.25) is 0 Å². The van der Waals surface area contributed by atoms with Crippen molar-refractivity contribution in [2.75, 3.05) is 43.1 Å². The molecule has 0 bridgehead atoms. The van der Waals surface area contributed by atoms with Gasteiger partial charge in [-0.2, -0.15) is 5.10 Å². The van der Waals surface area contributed by atoms with Crippen molar-refractivity contribution in [3.05, 3.63) is 62.6 Å². The Balaban J connectivity index is 1.58. The fourth-order valence-electron chi connectivity index (χ4n) is 2.81. The normalized spacial score (nSPS) is 14.0. The first-order valence-corrected chi connectivity index (χ1v) is 9.75. The number of nitrogens with zero attached hydrogens (tertiary/aromatic N) is 3. The number of halogens is 1. The van der Waals surface area contributed by atoms with Crippen molar-refractivity contribution in [2.45, 2.75) is 0 Å². The summed E-state index contributed by atoms with van der Waals surface area (Å²) in [6.07, 6.45) is 1.38. The highest BCUT2D eigenvalue weighted by Crippen LogP contribution is 2.29. The largest absolute Gasteiger partial charge is 0.378 e. The van der Waals surface area contributed by atoms with Crippen molar-refractivity contribution in [2.24, 2.45) is 5.10 Å². The molecule has 1 heterocycles. The lowest BCUT2D eigenvalue weighted by atomic mass is 10.1. The van der Waals surface area contributed by atoms with Crippen LogP contribution in [0, 0.1) is 10.1 Å². The maximum absolute atomic E-state index is 11.9. The molecule has 0 spiro atoms. The smallest absolute Gasteiger partial charge is 0.293 e. The fourth-order valence-corrected chi connectivity index (χ4v) is 3.07. The number of hydrogen-bond donors (Lipinski definition) is 2. The minimum atomic E-state index is -0.414. The van der Waals surface area contributed by atoms with Gasteiger partial charge < -0.3 is 15.0 Å². The number of ether oxygens (including phenoxy) is 1. The quantitative estimate of drug-likeness (QED) is 0.372. The van der Waals surface area contributed by atoms with Crippen LogP contribution < -0.4 is 15.6 Å². The zero-order valence-electron chi connectivity index (χ0n) is 15.5. The number of hydrogen-bond acceptors (Lipinski definition) is 7. The number of carbonyl (C=O) groups is 1. The van der Waals surface area contributed by atoms with Crippen molar-refractivity contribution in [3.8, 4) is 0 Å². The first-order valence-electron chi connectivity index (χ1n) is 8.95. The molecular formula is C19H20BrN5O4. The van der Waals surface area contributed by atoms with E-state index >= 15 is 0 Å². The molecule has 1 aliphatic heterocycles. The predicted octanol–water partition coefficient (Wildman–Crippen LogP) is 2.76. The van der Waals surface area contributed by atoms with Crippen LogP contribution in [-0.2, 0) is 9.53 Å². The van der Waals surface area contributed by atoms with Gasteiger partial charge >= 0.3 is 0 Å². The lowest BCUT2D eigenvalue weighted by Crippen LogP contribution is -2.36. The number of rotatable bonds is 7. The summed E-state index contributed by atoms with van der Waals surface area (Å²) in [5, 5.41) is 18.3. The Morgan fingerprint density at radius 2 is 1.97 bits per heavy atom. The second-order valence-electron chi connectivity index (χ2n) is 6.26. The number of nitro benzene ring substituents is 1. The van der Waals surface area contributed by atoms with E-state index < -0.39 is 4.92 Å². The Morgan fingerprint density at radius 1 is 1.24 bits per heavy atom. The number of benzene rings is 2. The van der Waals surface area contributed by atoms with Gasteiger partial charge in [0.1, 0.15) is 5.69 Å². The summed E-state index contributed by atoms with van der Waals surface area (Å²) in [6.45, 7) is 2.35. The van der Waals surface area contributed by atoms with Crippen molar-refractivity contribution >= 4 is 45.1 Å². The number of carbonyl (C=O) groups excluding carboxylic acids is 1. The lowest BCUT2D eigenvalue weighted by molar-refractivity contribution is -0.384. The molecule has 0 aliphatic carbocycles. The summed E-state index contributed by atoms with van der Waals surface area (Å²) in [6, 6.07) is 12.3. The maximum atomic E-state index is 11.9. The van der Waals surface area contributed by atoms with E-state index in [0.717, 1.165) is 10.2 Å². The van der Waals surface area contributed by atoms with E-state index in [1.54, 1.807) is 12.1 Å². The molecule has 2 aromatic rings. The van der Waals surface area contributed by atoms with Gasteiger partial charge in [0.25, 0.3) is 11.6 Å². The average molecular weight is 462 g/mol. The second-order valence-corrected chi connectivity index (χ2v) is 7.17. The molecular weight excluding hydrogens is 442 g/mol. The minimum absolute atomic E-state index is 0.000850. The van der Waals surface area contributed by atoms with Crippen LogP contribution in [0.1, 0.15) is 5.56 Å². The summed E-state index contributed by atoms with van der Waals surface area (Å²) in [7, 11) is 0. The van der Waals surface area contributed by atoms with Crippen molar-refractivity contribution in [1.29, 1.82) is 0 Å². The molecule has 152 valence electrons. The van der Waals surface area contributed by atoms with E-state index in [1.807, 2.05) is 29.2 Å². The summed E-state index contributed by atoms with van der Waals surface area (Å²) < 4.78 is 6.24. The van der Waals surface area contributed by atoms with Gasteiger partial charge in [0.05, 0.1) is 30.9 Å². The molecule has 29 heavy (non-hydrogen) atoms. The van der Waals surface area contributed by atoms with Crippen molar-refractivity contribution in [1.82, 2.24) is 5.43 Å². The number of nitro groups is 1. The first-order chi connectivity index (χ1) is 14.0. The van der Waals surface area contributed by atoms with Gasteiger partial charge in [0, 0.05) is 34.9 Å². The zero-order valence-corrected chi connectivity index (χ0v) is 17.1. The number of morpholine rings is 1. The molecule has 0 saturated carbocycles. The van der Waals surface area contributed by atoms with Crippen LogP contribution in [-0.4, -0.2) is 49.9 Å². The maximum Gasteiger partial charge on any atom is 0.293 e. The van der Waals surface area contributed by atoms with Crippen molar-refractivity contribution < 1.29 is 14.5 Å². The highest BCUT2D eigenvalue weighted by atomic mass is 79.9. The Hall–Kier alpha value is -2.98. The molecule has 10 heteroatoms. The van der Waals surface area contributed by atoms with Crippen LogP contribution in [0.4, 0.5) is 17.1 Å². The number of anilines is 2. The molecule has 1 amide bonds. The molecule has 0 radical (unpaired) electrons. The second kappa shape index (κ2) is 9.99. The first kappa shape index (κ1) is 20.7. The molecule has 3 rings (SSSR count). The van der Waals surface area contributed by atoms with Crippen LogP contribution in [0.15, 0.2) is 52.0 Å². The van der Waals surface area contributed by atoms with Crippen LogP contribution >= 0.6 is 15.9 Å². The summed E-state index contributed by atoms with van der Waals surface area (Å²) in [5.74, 6) is -0.330. The Morgan fingerprint density at radius 3 is 2.66 bits per heavy atom. The molecule has 9 nitrogen and oxygen atoms in total. The standard InChI is InChI=1S/C19H20BrN5O4/c20-15-2-4-16(5-3-15)21-13-19(26)23-22-12-14-1-6-17(18(11-14)25(27)28)24-7-9-29-10-8-24/h1-6,11-12,21H,7-10,13H2,(H,23,26)/b22-12-. The molecule has 2 N–H and O–H groups in total. The molecule has 0 aromatic heterocycles. The fraction of sp³-hybridized carbons (Fsp3) is 0.263. The van der Waals surface area contributed by atoms with Gasteiger partial charge in [-0.3, -0.25) is 14.9 Å². The SMILES string of the molecule is O=C(CNc1ccc(Br)cc1)N/N=C\c1ccc(N2CCOCC2)c([N+](=O)[O-])c1. The van der Waals surface area contributed by atoms with E-state index in [9.17, 15) is 14.9 Å². The van der Waals surface area contributed by atoms with E-state index in [2.05, 4.69) is 31.8 Å². The predicted molar refractivity (Wildman–Crippen MR) is 114 cm³/mol. The Bertz CT molecular complexity index is 898. The topological polar surface area (TPSA) is 109 Å². The van der Waals surface area contributed by atoms with Gasteiger partial charge in [-0.1, -0.05) is 22.0 Å². The molecule has 1 saturated heterocycles. The highest BCUT2D eigenvalue weighted by Gasteiger charge is 2.21. The Labute approximate surface area is 176 Å². The van der Waals surface area contributed by atoms with E-state index in [1.165, 1.54) is 12.3 Å². The third-order valence-corrected chi connectivity index (χ3v) is 4.78. The van der Waals surface area contributed by atoms with Crippen molar-refractivity contribution in [3.63, 3.8) is 0 Å². The molecule has 1 fully saturated rings. The van der Waals surface area contributed by atoms with Crippen LogP contribution in [0.5, 0.6) is 0 Å². The highest BCUT2D eigenvalue weighted by molar-refractivity contribution is 9.10. The van der Waals surface area contributed by atoms with Crippen LogP contribution in [0.2, 0.25) is 0 Å². The monoisotopic (exact) mass is 461 g/mol. The molecule has 1 aliphatic rings.